The molecule has 1 aromatic heterocycles. The molecule has 0 bridgehead atoms. The summed E-state index contributed by atoms with van der Waals surface area (Å²) in [6, 6.07) is 9.62. The van der Waals surface area contributed by atoms with Crippen LogP contribution in [0.2, 0.25) is 0 Å². The fourth-order valence-corrected chi connectivity index (χ4v) is 1.76. The van der Waals surface area contributed by atoms with Gasteiger partial charge >= 0.3 is 0 Å². The number of aliphatic hydroxyl groups is 1. The van der Waals surface area contributed by atoms with Crippen LogP contribution in [0.5, 0.6) is 0 Å². The van der Waals surface area contributed by atoms with Crippen molar-refractivity contribution < 1.29 is 5.11 Å². The van der Waals surface area contributed by atoms with Gasteiger partial charge in [-0.25, -0.2) is 0 Å². The van der Waals surface area contributed by atoms with Gasteiger partial charge in [0.05, 0.1) is 11.2 Å². The van der Waals surface area contributed by atoms with E-state index in [1.54, 1.807) is 0 Å². The third-order valence-corrected chi connectivity index (χ3v) is 2.66. The zero-order valence-electron chi connectivity index (χ0n) is 9.93. The molecule has 0 amide bonds. The van der Waals surface area contributed by atoms with Crippen molar-refractivity contribution in [3.63, 3.8) is 0 Å². The number of rotatable bonds is 5. The van der Waals surface area contributed by atoms with Crippen molar-refractivity contribution in [1.29, 1.82) is 5.26 Å². The third-order valence-electron chi connectivity index (χ3n) is 2.66. The van der Waals surface area contributed by atoms with E-state index in [0.717, 1.165) is 29.4 Å². The summed E-state index contributed by atoms with van der Waals surface area (Å²) in [5.74, 6) is 0. The molecule has 5 heteroatoms. The Bertz CT molecular complexity index is 577. The molecule has 0 aliphatic heterocycles. The SMILES string of the molecule is N#Cc1nnc2ccccc2c1NCCCCO. The van der Waals surface area contributed by atoms with Gasteiger partial charge in [-0.1, -0.05) is 18.2 Å². The molecule has 2 N–H and O–H groups in total. The number of benzene rings is 1. The highest BCUT2D eigenvalue weighted by Gasteiger charge is 2.09. The lowest BCUT2D eigenvalue weighted by atomic mass is 10.1. The first kappa shape index (κ1) is 12.3. The van der Waals surface area contributed by atoms with E-state index in [1.807, 2.05) is 30.3 Å². The Kier molecular flexibility index (Phi) is 4.05. The lowest BCUT2D eigenvalue weighted by Gasteiger charge is -2.09. The van der Waals surface area contributed by atoms with Crippen LogP contribution in [-0.2, 0) is 0 Å². The monoisotopic (exact) mass is 242 g/mol. The van der Waals surface area contributed by atoms with Gasteiger partial charge in [-0.15, -0.1) is 10.2 Å². The van der Waals surface area contributed by atoms with Crippen molar-refractivity contribution in [2.45, 2.75) is 12.8 Å². The molecule has 0 fully saturated rings. The lowest BCUT2D eigenvalue weighted by Crippen LogP contribution is -2.06. The molecule has 0 saturated heterocycles. The molecule has 0 atom stereocenters. The number of hydrogen-bond acceptors (Lipinski definition) is 5. The minimum Gasteiger partial charge on any atom is -0.396 e. The van der Waals surface area contributed by atoms with Gasteiger partial charge in [-0.3, -0.25) is 0 Å². The van der Waals surface area contributed by atoms with E-state index in [0.29, 0.717) is 12.2 Å². The highest BCUT2D eigenvalue weighted by atomic mass is 16.2. The smallest absolute Gasteiger partial charge is 0.186 e. The Hall–Kier alpha value is -2.19. The highest BCUT2D eigenvalue weighted by molar-refractivity contribution is 5.92. The van der Waals surface area contributed by atoms with Crippen LogP contribution >= 0.6 is 0 Å². The second kappa shape index (κ2) is 5.94. The van der Waals surface area contributed by atoms with E-state index in [-0.39, 0.29) is 6.61 Å². The molecule has 1 aromatic carbocycles. The standard InChI is InChI=1S/C13H14N4O/c14-9-12-13(15-7-3-4-8-18)10-5-1-2-6-11(10)16-17-12/h1-2,5-6,18H,3-4,7-8H2,(H,15,16). The molecule has 2 aromatic rings. The van der Waals surface area contributed by atoms with Crippen molar-refractivity contribution >= 4 is 16.6 Å². The second-order valence-corrected chi connectivity index (χ2v) is 3.91. The van der Waals surface area contributed by atoms with Gasteiger partial charge in [0.2, 0.25) is 0 Å². The van der Waals surface area contributed by atoms with Crippen molar-refractivity contribution in [2.24, 2.45) is 0 Å². The van der Waals surface area contributed by atoms with Gasteiger partial charge in [0.1, 0.15) is 6.07 Å². The minimum absolute atomic E-state index is 0.183. The molecule has 18 heavy (non-hydrogen) atoms. The molecule has 92 valence electrons. The molecular weight excluding hydrogens is 228 g/mol. The summed E-state index contributed by atoms with van der Waals surface area (Å²) in [5, 5.41) is 29.8. The summed E-state index contributed by atoms with van der Waals surface area (Å²) in [6.07, 6.45) is 1.59. The molecule has 0 aliphatic carbocycles. The predicted molar refractivity (Wildman–Crippen MR) is 69.1 cm³/mol. The van der Waals surface area contributed by atoms with E-state index in [4.69, 9.17) is 10.4 Å². The fourth-order valence-electron chi connectivity index (χ4n) is 1.76. The Balaban J connectivity index is 2.30. The van der Waals surface area contributed by atoms with E-state index < -0.39 is 0 Å². The predicted octanol–water partition coefficient (Wildman–Crippen LogP) is 1.69. The zero-order chi connectivity index (χ0) is 12.8. The topological polar surface area (TPSA) is 81.8 Å². The number of anilines is 1. The van der Waals surface area contributed by atoms with Gasteiger partial charge in [0.15, 0.2) is 5.69 Å². The zero-order valence-corrected chi connectivity index (χ0v) is 9.93. The maximum Gasteiger partial charge on any atom is 0.186 e. The van der Waals surface area contributed by atoms with Gasteiger partial charge in [-0.05, 0) is 18.9 Å². The number of nitrogens with one attached hydrogen (secondary N) is 1. The van der Waals surface area contributed by atoms with Crippen LogP contribution in [0.1, 0.15) is 18.5 Å². The summed E-state index contributed by atoms with van der Waals surface area (Å²) in [5.41, 5.74) is 1.79. The van der Waals surface area contributed by atoms with Crippen molar-refractivity contribution in [3.05, 3.63) is 30.0 Å². The first-order chi connectivity index (χ1) is 8.86. The number of nitrogens with zero attached hydrogens (tertiary/aromatic N) is 3. The minimum atomic E-state index is 0.183. The summed E-state index contributed by atoms with van der Waals surface area (Å²) >= 11 is 0. The number of fused-ring (bicyclic) bond motifs is 1. The quantitative estimate of drug-likeness (QED) is 0.780. The molecule has 0 radical (unpaired) electrons. The summed E-state index contributed by atoms with van der Waals surface area (Å²) in [4.78, 5) is 0. The van der Waals surface area contributed by atoms with Gasteiger partial charge < -0.3 is 10.4 Å². The average Bonchev–Trinajstić information content (AvgIpc) is 2.43. The highest BCUT2D eigenvalue weighted by Crippen LogP contribution is 2.23. The average molecular weight is 242 g/mol. The maximum absolute atomic E-state index is 9.05. The molecule has 0 aliphatic rings. The fraction of sp³-hybridized carbons (Fsp3) is 0.308. The van der Waals surface area contributed by atoms with Crippen LogP contribution in [0.4, 0.5) is 5.69 Å². The Labute approximate surface area is 105 Å². The normalized spacial score (nSPS) is 10.2. The Morgan fingerprint density at radius 3 is 2.83 bits per heavy atom. The number of aromatic nitrogens is 2. The molecule has 0 saturated carbocycles. The Morgan fingerprint density at radius 1 is 1.22 bits per heavy atom. The molecular formula is C13H14N4O. The second-order valence-electron chi connectivity index (χ2n) is 3.91. The first-order valence-corrected chi connectivity index (χ1v) is 5.87. The van der Waals surface area contributed by atoms with Crippen LogP contribution in [0, 0.1) is 11.3 Å². The first-order valence-electron chi connectivity index (χ1n) is 5.87. The molecule has 1 heterocycles. The van der Waals surface area contributed by atoms with Crippen LogP contribution in [0.3, 0.4) is 0 Å². The lowest BCUT2D eigenvalue weighted by molar-refractivity contribution is 0.286. The number of hydrogen-bond donors (Lipinski definition) is 2. The van der Waals surface area contributed by atoms with Crippen molar-refractivity contribution in [3.8, 4) is 6.07 Å². The summed E-state index contributed by atoms with van der Waals surface area (Å²) < 4.78 is 0. The molecule has 0 spiro atoms. The largest absolute Gasteiger partial charge is 0.396 e. The van der Waals surface area contributed by atoms with E-state index in [1.165, 1.54) is 0 Å². The maximum atomic E-state index is 9.05. The van der Waals surface area contributed by atoms with Crippen LogP contribution in [0.25, 0.3) is 10.9 Å². The summed E-state index contributed by atoms with van der Waals surface area (Å²) in [7, 11) is 0. The van der Waals surface area contributed by atoms with Crippen LogP contribution in [-0.4, -0.2) is 28.5 Å². The molecule has 0 unspecified atom stereocenters. The number of unbranched alkanes of at least 4 members (excludes halogenated alkanes) is 1. The van der Waals surface area contributed by atoms with Gasteiger partial charge in [0.25, 0.3) is 0 Å². The van der Waals surface area contributed by atoms with Crippen molar-refractivity contribution in [1.82, 2.24) is 10.2 Å². The van der Waals surface area contributed by atoms with Crippen molar-refractivity contribution in [2.75, 3.05) is 18.5 Å². The van der Waals surface area contributed by atoms with E-state index >= 15 is 0 Å². The van der Waals surface area contributed by atoms with Crippen LogP contribution < -0.4 is 5.32 Å². The van der Waals surface area contributed by atoms with Gasteiger partial charge in [-0.2, -0.15) is 5.26 Å². The summed E-state index contributed by atoms with van der Waals surface area (Å²) in [6.45, 7) is 0.882. The number of nitriles is 1. The Morgan fingerprint density at radius 2 is 2.06 bits per heavy atom. The molecule has 2 rings (SSSR count). The van der Waals surface area contributed by atoms with E-state index in [9.17, 15) is 0 Å². The third kappa shape index (κ3) is 2.55. The number of aliphatic hydroxyl groups excluding tert-OH is 1. The van der Waals surface area contributed by atoms with Gasteiger partial charge in [0, 0.05) is 18.5 Å². The molecule has 5 nitrogen and oxygen atoms in total. The van der Waals surface area contributed by atoms with E-state index in [2.05, 4.69) is 15.5 Å². The van der Waals surface area contributed by atoms with Crippen LogP contribution in [0.15, 0.2) is 24.3 Å².